The van der Waals surface area contributed by atoms with Crippen LogP contribution in [0, 0.1) is 0 Å². The van der Waals surface area contributed by atoms with Gasteiger partial charge in [0.05, 0.1) is 0 Å². The van der Waals surface area contributed by atoms with E-state index >= 15 is 0 Å². The first kappa shape index (κ1) is 14.3. The zero-order valence-corrected chi connectivity index (χ0v) is 13.4. The Morgan fingerprint density at radius 1 is 0.696 bits per heavy atom. The van der Waals surface area contributed by atoms with Gasteiger partial charge in [-0.2, -0.15) is 0 Å². The summed E-state index contributed by atoms with van der Waals surface area (Å²) in [6, 6.07) is 21.2. The molecule has 0 fully saturated rings. The largest absolute Gasteiger partial charge is 0.460 e. The summed E-state index contributed by atoms with van der Waals surface area (Å²) in [6.45, 7) is 0. The lowest BCUT2D eigenvalue weighted by atomic mass is 9.98. The molecule has 3 aromatic rings. The van der Waals surface area contributed by atoms with Crippen LogP contribution < -0.4 is 0 Å². The van der Waals surface area contributed by atoms with E-state index in [-0.39, 0.29) is 0 Å². The second kappa shape index (κ2) is 6.45. The number of benzene rings is 2. The minimum Gasteiger partial charge on any atom is -0.460 e. The van der Waals surface area contributed by atoms with Gasteiger partial charge in [-0.25, -0.2) is 0 Å². The summed E-state index contributed by atoms with van der Waals surface area (Å²) in [5.74, 6) is 2.28. The molecule has 0 atom stereocenters. The van der Waals surface area contributed by atoms with E-state index in [0.29, 0.717) is 0 Å². The van der Waals surface area contributed by atoms with Gasteiger partial charge < -0.3 is 4.42 Å². The normalized spacial score (nSPS) is 14.3. The number of hydrogen-bond donors (Lipinski definition) is 0. The number of rotatable bonds is 3. The van der Waals surface area contributed by atoms with Crippen LogP contribution in [0.15, 0.2) is 65.1 Å². The van der Waals surface area contributed by atoms with Gasteiger partial charge in [0.2, 0.25) is 0 Å². The molecule has 2 aromatic carbocycles. The molecule has 116 valence electrons. The molecule has 1 aliphatic rings. The Kier molecular flexibility index (Phi) is 4.02. The zero-order valence-electron chi connectivity index (χ0n) is 13.4. The molecule has 0 aliphatic heterocycles. The van der Waals surface area contributed by atoms with Gasteiger partial charge in [-0.3, -0.25) is 0 Å². The Bertz CT molecular complexity index is 768. The average Bonchev–Trinajstić information content (AvgIpc) is 2.79. The Hall–Kier alpha value is -2.28. The number of hydrogen-bond acceptors (Lipinski definition) is 1. The van der Waals surface area contributed by atoms with Gasteiger partial charge in [0.15, 0.2) is 0 Å². The maximum absolute atomic E-state index is 6.41. The standard InChI is InChI=1S/C22H22O/c1-4-10-17(11-5-1)16-21-19-14-8-3-9-15-20(19)22(23-21)18-12-6-2-7-13-18/h1-2,4-7,10-13H,3,8-9,14-16H2. The lowest BCUT2D eigenvalue weighted by Gasteiger charge is -2.02. The maximum atomic E-state index is 6.41. The fourth-order valence-electron chi connectivity index (χ4n) is 3.63. The molecule has 23 heavy (non-hydrogen) atoms. The molecule has 0 saturated carbocycles. The molecule has 0 amide bonds. The van der Waals surface area contributed by atoms with Crippen molar-refractivity contribution < 1.29 is 4.42 Å². The van der Waals surface area contributed by atoms with Crippen LogP contribution in [0.4, 0.5) is 0 Å². The fourth-order valence-corrected chi connectivity index (χ4v) is 3.63. The van der Waals surface area contributed by atoms with Crippen molar-refractivity contribution in [2.45, 2.75) is 38.5 Å². The molecular weight excluding hydrogens is 280 g/mol. The van der Waals surface area contributed by atoms with Crippen LogP contribution in [0.25, 0.3) is 11.3 Å². The second-order valence-electron chi connectivity index (χ2n) is 6.40. The van der Waals surface area contributed by atoms with E-state index in [2.05, 4.69) is 60.7 Å². The summed E-state index contributed by atoms with van der Waals surface area (Å²) in [6.07, 6.45) is 7.09. The van der Waals surface area contributed by atoms with Gasteiger partial charge in [-0.1, -0.05) is 67.1 Å². The van der Waals surface area contributed by atoms with Crippen molar-refractivity contribution >= 4 is 0 Å². The first-order valence-electron chi connectivity index (χ1n) is 8.64. The SMILES string of the molecule is c1ccc(Cc2oc(-c3ccccc3)c3c2CCCCC3)cc1. The van der Waals surface area contributed by atoms with Crippen molar-refractivity contribution in [2.75, 3.05) is 0 Å². The first-order valence-corrected chi connectivity index (χ1v) is 8.64. The highest BCUT2D eigenvalue weighted by molar-refractivity contribution is 5.64. The summed E-state index contributed by atoms with van der Waals surface area (Å²) in [7, 11) is 0. The van der Waals surface area contributed by atoms with Crippen molar-refractivity contribution in [2.24, 2.45) is 0 Å². The highest BCUT2D eigenvalue weighted by atomic mass is 16.3. The molecule has 0 N–H and O–H groups in total. The van der Waals surface area contributed by atoms with Gasteiger partial charge >= 0.3 is 0 Å². The van der Waals surface area contributed by atoms with Gasteiger partial charge in [0.25, 0.3) is 0 Å². The molecule has 1 heteroatoms. The predicted octanol–water partition coefficient (Wildman–Crippen LogP) is 5.81. The van der Waals surface area contributed by atoms with Crippen LogP contribution in [0.1, 0.15) is 41.7 Å². The Morgan fingerprint density at radius 2 is 1.35 bits per heavy atom. The summed E-state index contributed by atoms with van der Waals surface area (Å²) < 4.78 is 6.41. The van der Waals surface area contributed by atoms with Crippen LogP contribution in [0.5, 0.6) is 0 Å². The third kappa shape index (κ3) is 2.96. The van der Waals surface area contributed by atoms with E-state index < -0.39 is 0 Å². The summed E-state index contributed by atoms with van der Waals surface area (Å²) >= 11 is 0. The van der Waals surface area contributed by atoms with Crippen LogP contribution in [0.3, 0.4) is 0 Å². The molecule has 0 radical (unpaired) electrons. The Labute approximate surface area is 138 Å². The number of fused-ring (bicyclic) bond motifs is 1. The average molecular weight is 302 g/mol. The Morgan fingerprint density at radius 3 is 2.09 bits per heavy atom. The quantitative estimate of drug-likeness (QED) is 0.557. The van der Waals surface area contributed by atoms with Crippen molar-refractivity contribution in [3.63, 3.8) is 0 Å². The van der Waals surface area contributed by atoms with Crippen LogP contribution in [-0.2, 0) is 19.3 Å². The van der Waals surface area contributed by atoms with Crippen molar-refractivity contribution in [1.29, 1.82) is 0 Å². The van der Waals surface area contributed by atoms with E-state index in [9.17, 15) is 0 Å². The molecule has 0 spiro atoms. The predicted molar refractivity (Wildman–Crippen MR) is 94.7 cm³/mol. The van der Waals surface area contributed by atoms with Crippen molar-refractivity contribution in [3.05, 3.63) is 83.1 Å². The second-order valence-corrected chi connectivity index (χ2v) is 6.40. The molecule has 1 heterocycles. The minimum atomic E-state index is 0.899. The maximum Gasteiger partial charge on any atom is 0.137 e. The molecule has 0 saturated heterocycles. The molecular formula is C22H22O. The smallest absolute Gasteiger partial charge is 0.137 e. The lowest BCUT2D eigenvalue weighted by molar-refractivity contribution is 0.523. The highest BCUT2D eigenvalue weighted by Gasteiger charge is 2.22. The minimum absolute atomic E-state index is 0.899. The van der Waals surface area contributed by atoms with E-state index in [1.54, 1.807) is 0 Å². The van der Waals surface area contributed by atoms with E-state index in [1.165, 1.54) is 47.3 Å². The van der Waals surface area contributed by atoms with Crippen molar-refractivity contribution in [1.82, 2.24) is 0 Å². The number of furan rings is 1. The first-order chi connectivity index (χ1) is 11.4. The van der Waals surface area contributed by atoms with Gasteiger partial charge in [-0.15, -0.1) is 0 Å². The summed E-state index contributed by atoms with van der Waals surface area (Å²) in [5.41, 5.74) is 5.47. The van der Waals surface area contributed by atoms with Gasteiger partial charge in [0.1, 0.15) is 11.5 Å². The zero-order chi connectivity index (χ0) is 15.5. The van der Waals surface area contributed by atoms with Crippen LogP contribution in [-0.4, -0.2) is 0 Å². The molecule has 0 bridgehead atoms. The van der Waals surface area contributed by atoms with E-state index in [4.69, 9.17) is 4.42 Å². The third-order valence-electron chi connectivity index (χ3n) is 4.80. The lowest BCUT2D eigenvalue weighted by Crippen LogP contribution is -1.93. The van der Waals surface area contributed by atoms with Crippen LogP contribution in [0.2, 0.25) is 0 Å². The Balaban J connectivity index is 1.78. The van der Waals surface area contributed by atoms with Gasteiger partial charge in [0, 0.05) is 17.5 Å². The summed E-state index contributed by atoms with van der Waals surface area (Å²) in [5, 5.41) is 0. The van der Waals surface area contributed by atoms with E-state index in [1.807, 2.05) is 0 Å². The van der Waals surface area contributed by atoms with Gasteiger partial charge in [-0.05, 0) is 36.8 Å². The molecule has 1 aliphatic carbocycles. The molecule has 1 aromatic heterocycles. The monoisotopic (exact) mass is 302 g/mol. The third-order valence-corrected chi connectivity index (χ3v) is 4.80. The summed E-state index contributed by atoms with van der Waals surface area (Å²) in [4.78, 5) is 0. The fraction of sp³-hybridized carbons (Fsp3) is 0.273. The highest BCUT2D eigenvalue weighted by Crippen LogP contribution is 2.36. The van der Waals surface area contributed by atoms with Crippen LogP contribution >= 0.6 is 0 Å². The molecule has 4 rings (SSSR count). The topological polar surface area (TPSA) is 13.1 Å². The molecule has 0 unspecified atom stereocenters. The van der Waals surface area contributed by atoms with E-state index in [0.717, 1.165) is 25.0 Å². The molecule has 1 nitrogen and oxygen atoms in total. The van der Waals surface area contributed by atoms with Crippen molar-refractivity contribution in [3.8, 4) is 11.3 Å².